The molecule has 0 spiro atoms. The molecule has 2 aromatic heterocycles. The summed E-state index contributed by atoms with van der Waals surface area (Å²) in [6.07, 6.45) is 3.48. The minimum Gasteiger partial charge on any atom is -0.423 e. The first-order valence-corrected chi connectivity index (χ1v) is 12.2. The molecule has 184 valence electrons. The van der Waals surface area contributed by atoms with Gasteiger partial charge in [-0.3, -0.25) is 4.79 Å². The molecular formula is C31H23N5O2. The summed E-state index contributed by atoms with van der Waals surface area (Å²) in [5.41, 5.74) is 4.83. The van der Waals surface area contributed by atoms with Crippen LogP contribution in [0.3, 0.4) is 0 Å². The van der Waals surface area contributed by atoms with Crippen LogP contribution < -0.4 is 10.6 Å². The zero-order valence-corrected chi connectivity index (χ0v) is 20.6. The molecule has 0 aliphatic carbocycles. The molecule has 0 saturated carbocycles. The number of nitrogens with one attached hydrogen (secondary N) is 2. The van der Waals surface area contributed by atoms with Gasteiger partial charge in [0.2, 0.25) is 0 Å². The van der Waals surface area contributed by atoms with E-state index in [1.807, 2.05) is 103 Å². The fraction of sp³-hybridized carbons (Fsp3) is 0.0645. The number of amides is 1. The third-order valence-corrected chi connectivity index (χ3v) is 6.54. The molecule has 0 radical (unpaired) electrons. The monoisotopic (exact) mass is 497 g/mol. The SMILES string of the molecule is Cn1cc(C#N)c2ccc(Nc3ncc(-c4cccc(CNC(=O)c5ccc6ccccc6c5)c4)o3)cc21. The van der Waals surface area contributed by atoms with E-state index in [-0.39, 0.29) is 5.91 Å². The second-order valence-electron chi connectivity index (χ2n) is 9.10. The molecule has 6 rings (SSSR count). The summed E-state index contributed by atoms with van der Waals surface area (Å²) >= 11 is 0. The average Bonchev–Trinajstić information content (AvgIpc) is 3.55. The molecule has 2 N–H and O–H groups in total. The number of carbonyl (C=O) groups excluding carboxylic acids is 1. The molecule has 0 aliphatic rings. The molecular weight excluding hydrogens is 474 g/mol. The van der Waals surface area contributed by atoms with Gasteiger partial charge in [-0.1, -0.05) is 48.5 Å². The Morgan fingerprint density at radius 1 is 1.00 bits per heavy atom. The van der Waals surface area contributed by atoms with Crippen LogP contribution in [0.4, 0.5) is 11.7 Å². The molecule has 0 unspecified atom stereocenters. The number of aromatic nitrogens is 2. The Balaban J connectivity index is 1.14. The van der Waals surface area contributed by atoms with E-state index in [0.717, 1.165) is 38.5 Å². The molecule has 0 fully saturated rings. The molecule has 7 nitrogen and oxygen atoms in total. The van der Waals surface area contributed by atoms with Crippen LogP contribution in [0.25, 0.3) is 33.0 Å². The first-order valence-electron chi connectivity index (χ1n) is 12.2. The van der Waals surface area contributed by atoms with Crippen LogP contribution in [0, 0.1) is 11.3 Å². The highest BCUT2D eigenvalue weighted by atomic mass is 16.4. The minimum atomic E-state index is -0.121. The lowest BCUT2D eigenvalue weighted by molar-refractivity contribution is 0.0951. The first kappa shape index (κ1) is 23.1. The van der Waals surface area contributed by atoms with Crippen molar-refractivity contribution in [2.45, 2.75) is 6.54 Å². The smallest absolute Gasteiger partial charge is 0.299 e. The lowest BCUT2D eigenvalue weighted by atomic mass is 10.1. The van der Waals surface area contributed by atoms with Crippen LogP contribution in [0.15, 0.2) is 102 Å². The molecule has 0 atom stereocenters. The van der Waals surface area contributed by atoms with Crippen molar-refractivity contribution < 1.29 is 9.21 Å². The van der Waals surface area contributed by atoms with Gasteiger partial charge in [-0.05, 0) is 52.7 Å². The molecule has 38 heavy (non-hydrogen) atoms. The van der Waals surface area contributed by atoms with Crippen LogP contribution in [0.2, 0.25) is 0 Å². The van der Waals surface area contributed by atoms with Crippen LogP contribution in [0.1, 0.15) is 21.5 Å². The molecule has 0 bridgehead atoms. The van der Waals surface area contributed by atoms with E-state index >= 15 is 0 Å². The first-order chi connectivity index (χ1) is 18.6. The fourth-order valence-corrected chi connectivity index (χ4v) is 4.59. The van der Waals surface area contributed by atoms with E-state index in [9.17, 15) is 10.1 Å². The second kappa shape index (κ2) is 9.60. The number of benzene rings is 4. The molecule has 2 heterocycles. The highest BCUT2D eigenvalue weighted by Crippen LogP contribution is 2.28. The zero-order chi connectivity index (χ0) is 26.1. The summed E-state index contributed by atoms with van der Waals surface area (Å²) in [6, 6.07) is 29.8. The summed E-state index contributed by atoms with van der Waals surface area (Å²) in [5, 5.41) is 18.5. The maximum absolute atomic E-state index is 12.7. The van der Waals surface area contributed by atoms with Crippen molar-refractivity contribution in [1.82, 2.24) is 14.9 Å². The molecule has 7 heteroatoms. The molecule has 4 aromatic carbocycles. The second-order valence-corrected chi connectivity index (χ2v) is 9.10. The van der Waals surface area contributed by atoms with Crippen LogP contribution in [0.5, 0.6) is 0 Å². The largest absolute Gasteiger partial charge is 0.423 e. The van der Waals surface area contributed by atoms with E-state index in [4.69, 9.17) is 4.42 Å². The number of fused-ring (bicyclic) bond motifs is 2. The number of rotatable bonds is 6. The molecule has 6 aromatic rings. The molecule has 0 aliphatic heterocycles. The number of anilines is 2. The predicted molar refractivity (Wildman–Crippen MR) is 148 cm³/mol. The number of nitrogens with zero attached hydrogens (tertiary/aromatic N) is 3. The Kier molecular flexibility index (Phi) is 5.83. The number of carbonyl (C=O) groups is 1. The van der Waals surface area contributed by atoms with Crippen molar-refractivity contribution in [3.05, 3.63) is 114 Å². The van der Waals surface area contributed by atoms with Crippen molar-refractivity contribution in [3.63, 3.8) is 0 Å². The van der Waals surface area contributed by atoms with Gasteiger partial charge in [-0.15, -0.1) is 0 Å². The van der Waals surface area contributed by atoms with Gasteiger partial charge >= 0.3 is 0 Å². The van der Waals surface area contributed by atoms with Crippen molar-refractivity contribution in [3.8, 4) is 17.4 Å². The van der Waals surface area contributed by atoms with Crippen molar-refractivity contribution in [2.75, 3.05) is 5.32 Å². The van der Waals surface area contributed by atoms with E-state index in [1.54, 1.807) is 6.20 Å². The highest BCUT2D eigenvalue weighted by molar-refractivity contribution is 5.98. The number of nitriles is 1. The van der Waals surface area contributed by atoms with E-state index in [2.05, 4.69) is 21.7 Å². The Bertz CT molecular complexity index is 1860. The zero-order valence-electron chi connectivity index (χ0n) is 20.6. The Morgan fingerprint density at radius 2 is 1.87 bits per heavy atom. The van der Waals surface area contributed by atoms with Crippen LogP contribution in [-0.4, -0.2) is 15.5 Å². The number of hydrogen-bond donors (Lipinski definition) is 2. The third-order valence-electron chi connectivity index (χ3n) is 6.54. The van der Waals surface area contributed by atoms with Crippen LogP contribution >= 0.6 is 0 Å². The van der Waals surface area contributed by atoms with Gasteiger partial charge in [-0.2, -0.15) is 5.26 Å². The average molecular weight is 498 g/mol. The minimum absolute atomic E-state index is 0.121. The molecule has 1 amide bonds. The third kappa shape index (κ3) is 4.47. The fourth-order valence-electron chi connectivity index (χ4n) is 4.59. The predicted octanol–water partition coefficient (Wildman–Crippen LogP) is 6.53. The summed E-state index contributed by atoms with van der Waals surface area (Å²) in [5.74, 6) is 0.492. The Hall–Kier alpha value is -5.35. The van der Waals surface area contributed by atoms with Gasteiger partial charge in [-0.25, -0.2) is 4.98 Å². The van der Waals surface area contributed by atoms with Crippen molar-refractivity contribution in [2.24, 2.45) is 7.05 Å². The summed E-state index contributed by atoms with van der Waals surface area (Å²) in [6.45, 7) is 0.389. The Morgan fingerprint density at radius 3 is 2.74 bits per heavy atom. The summed E-state index contributed by atoms with van der Waals surface area (Å²) in [7, 11) is 1.91. The van der Waals surface area contributed by atoms with E-state index in [0.29, 0.717) is 29.4 Å². The van der Waals surface area contributed by atoms with Gasteiger partial charge in [0.25, 0.3) is 11.9 Å². The topological polar surface area (TPSA) is 95.9 Å². The van der Waals surface area contributed by atoms with Crippen LogP contribution in [-0.2, 0) is 13.6 Å². The normalized spacial score (nSPS) is 10.9. The Labute approximate surface area is 219 Å². The number of hydrogen-bond acceptors (Lipinski definition) is 5. The highest BCUT2D eigenvalue weighted by Gasteiger charge is 2.11. The summed E-state index contributed by atoms with van der Waals surface area (Å²) < 4.78 is 7.89. The lowest BCUT2D eigenvalue weighted by Gasteiger charge is -2.08. The van der Waals surface area contributed by atoms with Crippen molar-refractivity contribution in [1.29, 1.82) is 5.26 Å². The lowest BCUT2D eigenvalue weighted by Crippen LogP contribution is -2.22. The van der Waals surface area contributed by atoms with Gasteiger partial charge in [0, 0.05) is 42.0 Å². The van der Waals surface area contributed by atoms with Gasteiger partial charge < -0.3 is 19.6 Å². The maximum Gasteiger partial charge on any atom is 0.299 e. The van der Waals surface area contributed by atoms with Crippen molar-refractivity contribution >= 4 is 39.3 Å². The molecule has 0 saturated heterocycles. The standard InChI is InChI=1S/C31H23N5O2/c1-36-19-25(16-32)27-12-11-26(15-28(27)36)35-31-34-18-29(38-31)23-8-4-5-20(13-23)17-33-30(37)24-10-9-21-6-2-3-7-22(21)14-24/h2-15,18-19H,17H2,1H3,(H,33,37)(H,34,35). The number of oxazole rings is 1. The van der Waals surface area contributed by atoms with Gasteiger partial charge in [0.15, 0.2) is 5.76 Å². The quantitative estimate of drug-likeness (QED) is 0.273. The van der Waals surface area contributed by atoms with Gasteiger partial charge in [0.05, 0.1) is 17.3 Å². The van der Waals surface area contributed by atoms with E-state index in [1.165, 1.54) is 0 Å². The summed E-state index contributed by atoms with van der Waals surface area (Å²) in [4.78, 5) is 17.1. The van der Waals surface area contributed by atoms with Gasteiger partial charge in [0.1, 0.15) is 6.07 Å². The number of aryl methyl sites for hydroxylation is 1. The maximum atomic E-state index is 12.7. The van der Waals surface area contributed by atoms with E-state index < -0.39 is 0 Å².